The Labute approximate surface area is 427 Å². The molecular weight excluding hydrogens is 927 g/mol. The lowest BCUT2D eigenvalue weighted by Crippen LogP contribution is -2.61. The summed E-state index contributed by atoms with van der Waals surface area (Å²) in [6.45, 7) is 19.6. The molecule has 2 aromatic carbocycles. The van der Waals surface area contributed by atoms with Crippen LogP contribution in [0.15, 0.2) is 48.5 Å². The van der Waals surface area contributed by atoms with Gasteiger partial charge in [-0.25, -0.2) is 0 Å². The largest absolute Gasteiger partial charge is 0.459 e. The average molecular weight is 1010 g/mol. The van der Waals surface area contributed by atoms with Crippen LogP contribution in [0.1, 0.15) is 116 Å². The number of ether oxygens (including phenoxy) is 7. The summed E-state index contributed by atoms with van der Waals surface area (Å²) in [5.41, 5.74) is -0.382. The standard InChI is InChI=1S/C55H85N3O14/c1-14-42-55(10,65)47(61)33(4)44(59)31(2)28-54(9,67-13)49(34(5)46(35(6)51(64)70-42)71-43-29-53(8,66-12)48(62)36(7)69-43)72-52-45(60)41(27-32(3)68-52)57(11)30-37-19-21-39(22-20-37)50(63)56-24-26-58-25-23-38-17-15-16-18-40(38)58/h15-22,31-36,41-43,45-49,52,60-62,65H,14,23-30H2,1-13H3,(H,56,63)/t31-,32-,33+,34+,35-,36+,41+,42-,43+,45-,46+,47-,48+,49-,52+,53-,54-,55-/m1/s1. The van der Waals surface area contributed by atoms with Crippen molar-refractivity contribution in [1.82, 2.24) is 10.2 Å². The summed E-state index contributed by atoms with van der Waals surface area (Å²) in [5, 5.41) is 49.9. The number of benzene rings is 2. The summed E-state index contributed by atoms with van der Waals surface area (Å²) in [6.07, 6.45) is -8.68. The molecule has 72 heavy (non-hydrogen) atoms. The number of para-hydroxylation sites is 1. The number of Topliss-reactive ketones (excluding diaryl/α,β-unsaturated/α-hetero) is 1. The van der Waals surface area contributed by atoms with Gasteiger partial charge in [-0.05, 0) is 104 Å². The Morgan fingerprint density at radius 3 is 2.19 bits per heavy atom. The number of rotatable bonds is 14. The number of likely N-dealkylation sites (N-methyl/N-ethyl adjacent to an activating group) is 1. The number of carbonyl (C=O) groups is 3. The molecule has 3 fully saturated rings. The Morgan fingerprint density at radius 1 is 0.875 bits per heavy atom. The molecule has 4 aliphatic rings. The van der Waals surface area contributed by atoms with Crippen molar-refractivity contribution in [2.75, 3.05) is 45.8 Å². The van der Waals surface area contributed by atoms with E-state index in [0.717, 1.165) is 25.1 Å². The molecule has 0 spiro atoms. The van der Waals surface area contributed by atoms with E-state index in [-0.39, 0.29) is 37.1 Å². The molecule has 0 radical (unpaired) electrons. The van der Waals surface area contributed by atoms with Crippen LogP contribution in [-0.4, -0.2) is 168 Å². The van der Waals surface area contributed by atoms with Gasteiger partial charge in [-0.2, -0.15) is 0 Å². The van der Waals surface area contributed by atoms with E-state index in [2.05, 4.69) is 28.4 Å². The maximum Gasteiger partial charge on any atom is 0.311 e. The zero-order chi connectivity index (χ0) is 53.0. The van der Waals surface area contributed by atoms with Crippen molar-refractivity contribution in [3.05, 3.63) is 65.2 Å². The van der Waals surface area contributed by atoms with Crippen LogP contribution in [-0.2, 0) is 55.7 Å². The maximum atomic E-state index is 14.5. The third-order valence-corrected chi connectivity index (χ3v) is 16.5. The normalized spacial score (nSPS) is 39.3. The van der Waals surface area contributed by atoms with Crippen LogP contribution in [0.2, 0.25) is 0 Å². The Balaban J connectivity index is 1.25. The zero-order valence-electron chi connectivity index (χ0n) is 44.9. The van der Waals surface area contributed by atoms with E-state index in [9.17, 15) is 34.8 Å². The number of hydrogen-bond acceptors (Lipinski definition) is 16. The number of carbonyl (C=O) groups excluding carboxylic acids is 3. The molecule has 4 heterocycles. The predicted octanol–water partition coefficient (Wildman–Crippen LogP) is 4.80. The lowest BCUT2D eigenvalue weighted by atomic mass is 9.74. The fourth-order valence-electron chi connectivity index (χ4n) is 11.7. The van der Waals surface area contributed by atoms with Gasteiger partial charge in [0, 0.05) is 81.9 Å². The van der Waals surface area contributed by atoms with Crippen LogP contribution in [0.3, 0.4) is 0 Å². The van der Waals surface area contributed by atoms with Gasteiger partial charge in [-0.15, -0.1) is 0 Å². The minimum atomic E-state index is -2.00. The number of anilines is 1. The smallest absolute Gasteiger partial charge is 0.311 e. The predicted molar refractivity (Wildman–Crippen MR) is 270 cm³/mol. The fourth-order valence-corrected chi connectivity index (χ4v) is 11.7. The van der Waals surface area contributed by atoms with Gasteiger partial charge in [0.15, 0.2) is 12.6 Å². The highest BCUT2D eigenvalue weighted by molar-refractivity contribution is 5.94. The van der Waals surface area contributed by atoms with Gasteiger partial charge in [0.25, 0.3) is 5.91 Å². The summed E-state index contributed by atoms with van der Waals surface area (Å²) >= 11 is 0. The van der Waals surface area contributed by atoms with Crippen LogP contribution in [0.25, 0.3) is 0 Å². The Morgan fingerprint density at radius 2 is 1.54 bits per heavy atom. The molecule has 5 N–H and O–H groups in total. The molecule has 3 saturated heterocycles. The first-order valence-corrected chi connectivity index (χ1v) is 26.0. The fraction of sp³-hybridized carbons (Fsp3) is 0.727. The van der Waals surface area contributed by atoms with Crippen molar-refractivity contribution in [2.45, 2.75) is 192 Å². The third kappa shape index (κ3) is 12.6. The van der Waals surface area contributed by atoms with E-state index in [1.165, 1.54) is 32.4 Å². The molecule has 404 valence electrons. The van der Waals surface area contributed by atoms with Crippen LogP contribution in [0.5, 0.6) is 0 Å². The Bertz CT molecular complexity index is 2130. The molecule has 4 aliphatic heterocycles. The second-order valence-corrected chi connectivity index (χ2v) is 21.9. The van der Waals surface area contributed by atoms with Crippen LogP contribution >= 0.6 is 0 Å². The summed E-state index contributed by atoms with van der Waals surface area (Å²) in [6, 6.07) is 15.3. The van der Waals surface area contributed by atoms with Gasteiger partial charge in [-0.1, -0.05) is 58.0 Å². The molecule has 0 aliphatic carbocycles. The molecule has 6 rings (SSSR count). The summed E-state index contributed by atoms with van der Waals surface area (Å²) in [4.78, 5) is 46.3. The van der Waals surface area contributed by atoms with Crippen molar-refractivity contribution >= 4 is 23.3 Å². The molecule has 2 aromatic rings. The highest BCUT2D eigenvalue weighted by Gasteiger charge is 2.54. The van der Waals surface area contributed by atoms with E-state index in [0.29, 0.717) is 25.1 Å². The van der Waals surface area contributed by atoms with Gasteiger partial charge in [0.2, 0.25) is 0 Å². The van der Waals surface area contributed by atoms with Gasteiger partial charge in [0.05, 0.1) is 47.6 Å². The molecule has 18 atom stereocenters. The number of amides is 1. The van der Waals surface area contributed by atoms with Crippen molar-refractivity contribution in [1.29, 1.82) is 0 Å². The molecule has 0 unspecified atom stereocenters. The highest BCUT2D eigenvalue weighted by Crippen LogP contribution is 2.42. The maximum absolute atomic E-state index is 14.5. The Kier molecular flexibility index (Phi) is 19.2. The quantitative estimate of drug-likeness (QED) is 0.161. The van der Waals surface area contributed by atoms with E-state index in [1.54, 1.807) is 48.5 Å². The number of methoxy groups -OCH3 is 2. The highest BCUT2D eigenvalue weighted by atomic mass is 16.7. The zero-order valence-corrected chi connectivity index (χ0v) is 44.9. The molecule has 0 saturated carbocycles. The molecule has 17 heteroatoms. The summed E-state index contributed by atoms with van der Waals surface area (Å²) < 4.78 is 44.8. The topological polar surface area (TPSA) is 215 Å². The first-order valence-electron chi connectivity index (χ1n) is 26.0. The average Bonchev–Trinajstić information content (AvgIpc) is 3.77. The number of esters is 1. The number of fused-ring (bicyclic) bond motifs is 1. The monoisotopic (exact) mass is 1010 g/mol. The number of aliphatic hydroxyl groups excluding tert-OH is 3. The van der Waals surface area contributed by atoms with E-state index < -0.39 is 108 Å². The third-order valence-electron chi connectivity index (χ3n) is 16.5. The second kappa shape index (κ2) is 24.0. The van der Waals surface area contributed by atoms with Crippen molar-refractivity contribution < 1.29 is 68.0 Å². The van der Waals surface area contributed by atoms with E-state index in [4.69, 9.17) is 33.2 Å². The lowest BCUT2D eigenvalue weighted by Gasteiger charge is -2.50. The first-order chi connectivity index (χ1) is 33.9. The number of nitrogens with one attached hydrogen (secondary N) is 1. The molecule has 1 amide bonds. The van der Waals surface area contributed by atoms with Crippen molar-refractivity contribution in [3.8, 4) is 0 Å². The van der Waals surface area contributed by atoms with Crippen molar-refractivity contribution in [2.24, 2.45) is 23.7 Å². The van der Waals surface area contributed by atoms with Crippen LogP contribution < -0.4 is 10.2 Å². The van der Waals surface area contributed by atoms with Gasteiger partial charge in [-0.3, -0.25) is 19.3 Å². The molecule has 0 bridgehead atoms. The molecule has 17 nitrogen and oxygen atoms in total. The number of ketones is 1. The SMILES string of the molecule is CC[C@H]1OC(=O)[C@H](C)[C@@H](O[C@H]2C[C@@](C)(OC)[C@@H](O)[C@H](C)O2)[C@H](C)[C@@H](O[C@@H]2O[C@H](C)C[C@H](N(C)Cc3ccc(C(=O)NCCN4CCc5ccccc54)cc3)[C@H]2O)[C@](C)(OC)C[C@@H](C)C(=O)[C@H](C)[C@@H](O)[C@]1(C)O. The Hall–Kier alpha value is -3.59. The molecule has 0 aromatic heterocycles. The number of aliphatic hydroxyl groups is 4. The van der Waals surface area contributed by atoms with Gasteiger partial charge >= 0.3 is 5.97 Å². The van der Waals surface area contributed by atoms with E-state index >= 15 is 0 Å². The minimum Gasteiger partial charge on any atom is -0.459 e. The van der Waals surface area contributed by atoms with Gasteiger partial charge < -0.3 is 63.8 Å². The second-order valence-electron chi connectivity index (χ2n) is 21.9. The number of cyclic esters (lactones) is 1. The lowest BCUT2D eigenvalue weighted by molar-refractivity contribution is -0.319. The van der Waals surface area contributed by atoms with Crippen LogP contribution in [0, 0.1) is 23.7 Å². The first kappa shape index (κ1) is 57.7. The van der Waals surface area contributed by atoms with Crippen molar-refractivity contribution in [3.63, 3.8) is 0 Å². The van der Waals surface area contributed by atoms with E-state index in [1.807, 2.05) is 56.1 Å². The number of hydrogen-bond donors (Lipinski definition) is 5. The summed E-state index contributed by atoms with van der Waals surface area (Å²) in [7, 11) is 4.92. The minimum absolute atomic E-state index is 0.0624. The number of nitrogens with zero attached hydrogens (tertiary/aromatic N) is 2. The summed E-state index contributed by atoms with van der Waals surface area (Å²) in [5.74, 6) is -4.90. The molecular formula is C55H85N3O14. The van der Waals surface area contributed by atoms with Crippen LogP contribution in [0.4, 0.5) is 5.69 Å². The van der Waals surface area contributed by atoms with Gasteiger partial charge in [0.1, 0.15) is 29.7 Å².